The van der Waals surface area contributed by atoms with Crippen LogP contribution in [0, 0.1) is 0 Å². The summed E-state index contributed by atoms with van der Waals surface area (Å²) in [6.07, 6.45) is 7.31. The van der Waals surface area contributed by atoms with Gasteiger partial charge in [0.25, 0.3) is 5.56 Å². The van der Waals surface area contributed by atoms with Crippen molar-refractivity contribution in [3.8, 4) is 0 Å². The Morgan fingerprint density at radius 2 is 1.70 bits per heavy atom. The van der Waals surface area contributed by atoms with Gasteiger partial charge in [-0.05, 0) is 43.7 Å². The van der Waals surface area contributed by atoms with Crippen LogP contribution >= 0.6 is 0 Å². The molecule has 0 aliphatic rings. The number of sulfonamides is 1. The maximum Gasteiger partial charge on any atom is 0.332 e. The Labute approximate surface area is 215 Å². The molecule has 0 saturated carbocycles. The number of nitrogens with zero attached hydrogens (tertiary/aromatic N) is 6. The lowest BCUT2D eigenvalue weighted by Gasteiger charge is -2.16. The largest absolute Gasteiger partial charge is 0.332 e. The third-order valence-corrected chi connectivity index (χ3v) is 8.15. The number of imidazole rings is 1. The van der Waals surface area contributed by atoms with Gasteiger partial charge in [0.2, 0.25) is 10.0 Å². The van der Waals surface area contributed by atoms with E-state index in [1.165, 1.54) is 13.4 Å². The average Bonchev–Trinajstić information content (AvgIpc) is 3.19. The monoisotopic (exact) mass is 523 g/mol. The van der Waals surface area contributed by atoms with E-state index in [0.29, 0.717) is 23.5 Å². The van der Waals surface area contributed by atoms with Gasteiger partial charge in [-0.1, -0.05) is 18.2 Å². The van der Waals surface area contributed by atoms with Crippen LogP contribution in [-0.2, 0) is 43.8 Å². The molecule has 3 heterocycles. The number of aryl methyl sites for hydroxylation is 3. The highest BCUT2D eigenvalue weighted by molar-refractivity contribution is 7.89. The van der Waals surface area contributed by atoms with Crippen LogP contribution in [0.2, 0.25) is 0 Å². The smallest absolute Gasteiger partial charge is 0.322 e. The Hall–Kier alpha value is -3.83. The minimum absolute atomic E-state index is 0.197. The van der Waals surface area contributed by atoms with Crippen molar-refractivity contribution in [2.45, 2.75) is 38.4 Å². The molecule has 0 bridgehead atoms. The third kappa shape index (κ3) is 4.92. The molecular weight excluding hydrogens is 492 g/mol. The first kappa shape index (κ1) is 26.2. The molecule has 0 saturated heterocycles. The number of rotatable bonds is 8. The van der Waals surface area contributed by atoms with Gasteiger partial charge in [-0.15, -0.1) is 0 Å². The predicted octanol–water partition coefficient (Wildman–Crippen LogP) is 1.75. The van der Waals surface area contributed by atoms with Crippen molar-refractivity contribution in [1.29, 1.82) is 0 Å². The first-order valence-electron chi connectivity index (χ1n) is 12.0. The van der Waals surface area contributed by atoms with E-state index < -0.39 is 10.0 Å². The van der Waals surface area contributed by atoms with Gasteiger partial charge in [-0.25, -0.2) is 22.8 Å². The Morgan fingerprint density at radius 1 is 1.03 bits per heavy atom. The van der Waals surface area contributed by atoms with Gasteiger partial charge < -0.3 is 4.57 Å². The lowest BCUT2D eigenvalue weighted by Crippen LogP contribution is -2.39. The van der Waals surface area contributed by atoms with Crippen LogP contribution in [0.4, 0.5) is 0 Å². The summed E-state index contributed by atoms with van der Waals surface area (Å²) in [6.45, 7) is 4.52. The third-order valence-electron chi connectivity index (χ3n) is 6.33. The molecule has 4 rings (SSSR count). The highest BCUT2D eigenvalue weighted by Crippen LogP contribution is 2.19. The second kappa shape index (κ2) is 10.3. The topological polar surface area (TPSA) is 103 Å². The molecule has 37 heavy (non-hydrogen) atoms. The van der Waals surface area contributed by atoms with Gasteiger partial charge in [0, 0.05) is 45.4 Å². The molecule has 0 aliphatic carbocycles. The SMILES string of the molecule is CCn1c(=O)c2c(nc(/C=C/c3ccc(S(=O)(=O)N(C)Cc4ccc[n+](C)c4)cc3)n2C)n(CC)c1=O. The summed E-state index contributed by atoms with van der Waals surface area (Å²) in [5, 5.41) is 0. The lowest BCUT2D eigenvalue weighted by atomic mass is 10.2. The molecule has 11 heteroatoms. The second-order valence-electron chi connectivity index (χ2n) is 8.82. The number of hydrogen-bond donors (Lipinski definition) is 0. The normalized spacial score (nSPS) is 12.3. The summed E-state index contributed by atoms with van der Waals surface area (Å²) >= 11 is 0. The van der Waals surface area contributed by atoms with E-state index in [0.717, 1.165) is 11.1 Å². The molecule has 0 amide bonds. The molecule has 0 spiro atoms. The van der Waals surface area contributed by atoms with Crippen LogP contribution in [0.3, 0.4) is 0 Å². The average molecular weight is 524 g/mol. The van der Waals surface area contributed by atoms with Crippen LogP contribution in [-0.4, -0.2) is 38.5 Å². The minimum Gasteiger partial charge on any atom is -0.322 e. The van der Waals surface area contributed by atoms with Gasteiger partial charge in [0.15, 0.2) is 23.6 Å². The fraction of sp³-hybridized carbons (Fsp3) is 0.308. The van der Waals surface area contributed by atoms with Crippen molar-refractivity contribution in [2.75, 3.05) is 7.05 Å². The molecule has 0 atom stereocenters. The summed E-state index contributed by atoms with van der Waals surface area (Å²) in [5.41, 5.74) is 1.61. The Kier molecular flexibility index (Phi) is 7.28. The molecule has 0 aliphatic heterocycles. The maximum atomic E-state index is 13.1. The number of benzene rings is 1. The van der Waals surface area contributed by atoms with Crippen LogP contribution in [0.15, 0.2) is 63.3 Å². The molecular formula is C26H31N6O4S+. The number of aromatic nitrogens is 5. The van der Waals surface area contributed by atoms with Crippen molar-refractivity contribution in [3.63, 3.8) is 0 Å². The zero-order valence-corrected chi connectivity index (χ0v) is 22.4. The quantitative estimate of drug-likeness (QED) is 0.328. The van der Waals surface area contributed by atoms with Crippen LogP contribution in [0.25, 0.3) is 23.3 Å². The van der Waals surface area contributed by atoms with Gasteiger partial charge >= 0.3 is 5.69 Å². The molecule has 10 nitrogen and oxygen atoms in total. The molecule has 0 radical (unpaired) electrons. The molecule has 4 aromatic rings. The van der Waals surface area contributed by atoms with Crippen molar-refractivity contribution < 1.29 is 13.0 Å². The van der Waals surface area contributed by atoms with Crippen molar-refractivity contribution in [3.05, 3.63) is 86.6 Å². The van der Waals surface area contributed by atoms with Gasteiger partial charge in [-0.3, -0.25) is 13.9 Å². The number of hydrogen-bond acceptors (Lipinski definition) is 5. The van der Waals surface area contributed by atoms with E-state index in [1.54, 1.807) is 62.0 Å². The van der Waals surface area contributed by atoms with Gasteiger partial charge in [0.1, 0.15) is 12.9 Å². The van der Waals surface area contributed by atoms with Crippen LogP contribution < -0.4 is 15.8 Å². The second-order valence-corrected chi connectivity index (χ2v) is 10.9. The summed E-state index contributed by atoms with van der Waals surface area (Å²) in [6, 6.07) is 10.3. The molecule has 194 valence electrons. The summed E-state index contributed by atoms with van der Waals surface area (Å²) in [4.78, 5) is 30.3. The fourth-order valence-corrected chi connectivity index (χ4v) is 5.44. The van der Waals surface area contributed by atoms with Gasteiger partial charge in [-0.2, -0.15) is 4.31 Å². The standard InChI is InChI=1S/C26H31N6O4S/c1-6-31-24-23(25(33)32(7-2)26(31)34)30(5)22(27-24)15-12-19-10-13-21(14-11-19)37(35,36)29(4)18-20-9-8-16-28(3)17-20/h8-17H,6-7,18H2,1-5H3/q+1/b15-12+. The van der Waals surface area contributed by atoms with E-state index in [4.69, 9.17) is 0 Å². The fourth-order valence-electron chi connectivity index (χ4n) is 4.28. The van der Waals surface area contributed by atoms with E-state index in [1.807, 2.05) is 43.1 Å². The van der Waals surface area contributed by atoms with Crippen molar-refractivity contribution >= 4 is 33.3 Å². The first-order valence-corrected chi connectivity index (χ1v) is 13.4. The van der Waals surface area contributed by atoms with E-state index in [2.05, 4.69) is 4.98 Å². The van der Waals surface area contributed by atoms with Crippen molar-refractivity contribution in [2.24, 2.45) is 14.1 Å². The van der Waals surface area contributed by atoms with Crippen LogP contribution in [0.1, 0.15) is 30.8 Å². The summed E-state index contributed by atoms with van der Waals surface area (Å²) < 4.78 is 33.7. The van der Waals surface area contributed by atoms with Crippen LogP contribution in [0.5, 0.6) is 0 Å². The molecule has 3 aromatic heterocycles. The summed E-state index contributed by atoms with van der Waals surface area (Å²) in [5.74, 6) is 0.509. The summed E-state index contributed by atoms with van der Waals surface area (Å²) in [7, 11) is 1.52. The lowest BCUT2D eigenvalue weighted by molar-refractivity contribution is -0.672. The van der Waals surface area contributed by atoms with E-state index in [-0.39, 0.29) is 29.2 Å². The zero-order chi connectivity index (χ0) is 26.9. The maximum absolute atomic E-state index is 13.1. The van der Waals surface area contributed by atoms with E-state index >= 15 is 0 Å². The number of pyridine rings is 1. The highest BCUT2D eigenvalue weighted by Gasteiger charge is 2.22. The Morgan fingerprint density at radius 3 is 2.32 bits per heavy atom. The highest BCUT2D eigenvalue weighted by atomic mass is 32.2. The minimum atomic E-state index is -3.67. The molecule has 0 N–H and O–H groups in total. The first-order chi connectivity index (χ1) is 17.6. The molecule has 1 aromatic carbocycles. The number of fused-ring (bicyclic) bond motifs is 1. The zero-order valence-electron chi connectivity index (χ0n) is 21.6. The molecule has 0 fully saturated rings. The Balaban J connectivity index is 1.61. The Bertz CT molecular complexity index is 1710. The predicted molar refractivity (Wildman–Crippen MR) is 142 cm³/mol. The van der Waals surface area contributed by atoms with E-state index in [9.17, 15) is 18.0 Å². The molecule has 0 unspecified atom stereocenters. The van der Waals surface area contributed by atoms with Gasteiger partial charge in [0.05, 0.1) is 4.90 Å². The van der Waals surface area contributed by atoms with Crippen molar-refractivity contribution in [1.82, 2.24) is 23.0 Å².